The number of ether oxygens (including phenoxy) is 8. The lowest BCUT2D eigenvalue weighted by Gasteiger charge is -2.50. The van der Waals surface area contributed by atoms with Crippen LogP contribution in [0.1, 0.15) is 100 Å². The molecule has 5 heterocycles. The highest BCUT2D eigenvalue weighted by molar-refractivity contribution is 5.86. The molecule has 67 heavy (non-hydrogen) atoms. The van der Waals surface area contributed by atoms with Crippen LogP contribution in [-0.4, -0.2) is 155 Å². The molecule has 4 N–H and O–H groups in total. The van der Waals surface area contributed by atoms with Gasteiger partial charge in [0, 0.05) is 43.0 Å². The molecular weight excluding hydrogens is 867 g/mol. The lowest BCUT2D eigenvalue weighted by molar-refractivity contribution is -0.320. The van der Waals surface area contributed by atoms with E-state index >= 15 is 0 Å². The van der Waals surface area contributed by atoms with E-state index < -0.39 is 113 Å². The Hall–Kier alpha value is -3.62. The van der Waals surface area contributed by atoms with Crippen molar-refractivity contribution in [3.8, 4) is 0 Å². The van der Waals surface area contributed by atoms with E-state index in [0.29, 0.717) is 6.42 Å². The molecule has 374 valence electrons. The van der Waals surface area contributed by atoms with Gasteiger partial charge in [0.25, 0.3) is 0 Å². The molecule has 1 amide bonds. The summed E-state index contributed by atoms with van der Waals surface area (Å²) in [4.78, 5) is 49.3. The van der Waals surface area contributed by atoms with Gasteiger partial charge in [0.2, 0.25) is 0 Å². The van der Waals surface area contributed by atoms with Gasteiger partial charge < -0.3 is 58.1 Å². The number of hydrogen-bond donors (Lipinski definition) is 4. The predicted octanol–water partition coefficient (Wildman–Crippen LogP) is 5.15. The standard InChI is InChI=1S/C50H75N3O14/c1-14-37-49(10)50(59,52-46(58)67-49)31(6)39(54)27(2)24-48(9,61-21-17-18-33-23-34-19-15-16-20-35(34)51-26-33)43(66-45-40(55)36(53(11)12)22-28(3)62-45)29(4)41(30(5)44(57)64-37)65-38-25-47(8,60-13)42(56)32(7)63-38/h15-20,23,26-32,36-38,40-43,45,55-56,59H,14,21-22,24-25H2,1-13H3,(H,52,58)/b18-17+/t27-,28-,29+,30-,31+,32+,36+,37-,38+,40-,41+,42+,43-,45+,47+,48-,49-,50?/m1/s1. The molecule has 1 unspecified atom stereocenters. The van der Waals surface area contributed by atoms with E-state index in [1.807, 2.05) is 82.3 Å². The Morgan fingerprint density at radius 3 is 2.34 bits per heavy atom. The number of cyclic esters (lactones) is 1. The summed E-state index contributed by atoms with van der Waals surface area (Å²) < 4.78 is 51.5. The van der Waals surface area contributed by atoms with Gasteiger partial charge in [-0.3, -0.25) is 19.9 Å². The quantitative estimate of drug-likeness (QED) is 0.215. The Bertz CT molecular complexity index is 2090. The van der Waals surface area contributed by atoms with Gasteiger partial charge in [0.1, 0.15) is 24.1 Å². The molecule has 4 fully saturated rings. The second kappa shape index (κ2) is 20.8. The number of pyridine rings is 1. The number of benzene rings is 1. The van der Waals surface area contributed by atoms with Gasteiger partial charge in [-0.15, -0.1) is 0 Å². The zero-order chi connectivity index (χ0) is 49.4. The Morgan fingerprint density at radius 2 is 1.67 bits per heavy atom. The summed E-state index contributed by atoms with van der Waals surface area (Å²) in [6.45, 7) is 17.1. The number of alkyl carbamates (subject to hydrolysis) is 1. The molecule has 1 aromatic heterocycles. The van der Waals surface area contributed by atoms with Crippen LogP contribution in [0.3, 0.4) is 0 Å². The summed E-state index contributed by atoms with van der Waals surface area (Å²) in [5.41, 5.74) is -5.07. The number of likely N-dealkylation sites (N-methyl/N-ethyl adjacent to an activating group) is 1. The lowest BCUT2D eigenvalue weighted by atomic mass is 9.71. The topological polar surface area (TPSA) is 214 Å². The number of rotatable bonds is 11. The number of amides is 1. The van der Waals surface area contributed by atoms with Crippen molar-refractivity contribution in [2.24, 2.45) is 23.7 Å². The van der Waals surface area contributed by atoms with E-state index in [-0.39, 0.29) is 38.0 Å². The van der Waals surface area contributed by atoms with Crippen molar-refractivity contribution >= 4 is 34.8 Å². The van der Waals surface area contributed by atoms with Gasteiger partial charge >= 0.3 is 12.1 Å². The molecule has 1 aromatic carbocycles. The highest BCUT2D eigenvalue weighted by atomic mass is 16.7. The first-order chi connectivity index (χ1) is 31.4. The fourth-order valence-electron chi connectivity index (χ4n) is 10.9. The number of aromatic nitrogens is 1. The summed E-state index contributed by atoms with van der Waals surface area (Å²) in [6.07, 6.45) is -3.67. The number of methoxy groups -OCH3 is 1. The molecule has 0 saturated carbocycles. The molecule has 17 heteroatoms. The molecule has 0 aliphatic carbocycles. The van der Waals surface area contributed by atoms with Crippen LogP contribution in [0.5, 0.6) is 0 Å². The van der Waals surface area contributed by atoms with Crippen molar-refractivity contribution in [2.75, 3.05) is 27.8 Å². The van der Waals surface area contributed by atoms with Crippen LogP contribution in [0.15, 0.2) is 42.6 Å². The second-order valence-electron chi connectivity index (χ2n) is 20.3. The van der Waals surface area contributed by atoms with Gasteiger partial charge in [-0.2, -0.15) is 0 Å². The molecule has 2 aromatic rings. The Labute approximate surface area is 395 Å². The number of esters is 1. The fourth-order valence-corrected chi connectivity index (χ4v) is 10.9. The summed E-state index contributed by atoms with van der Waals surface area (Å²) in [5, 5.41) is 39.1. The maximum Gasteiger partial charge on any atom is 0.410 e. The molecular formula is C50H75N3O14. The number of nitrogens with one attached hydrogen (secondary N) is 1. The summed E-state index contributed by atoms with van der Waals surface area (Å²) in [6, 6.07) is 9.45. The maximum atomic E-state index is 14.9. The van der Waals surface area contributed by atoms with Crippen LogP contribution in [0.2, 0.25) is 0 Å². The minimum absolute atomic E-state index is 0.0116. The number of Topliss-reactive ketones (excluding diaryl/α,β-unsaturated/α-hetero) is 1. The highest BCUT2D eigenvalue weighted by Gasteiger charge is 2.66. The number of ketones is 1. The van der Waals surface area contributed by atoms with E-state index in [1.165, 1.54) is 21.0 Å². The SMILES string of the molecule is CC[C@H]1OC(=O)[C@H](C)[C@@H](O[C@H]2C[C@](C)(OC)[C@@H](O)[C@H](C)O2)[C@H](C)[C@@H](O[C@@H]2O[C@H](C)C[C@H](N(C)C)[C@H]2O)[C@](C)(OC/C=C/c2cnc3ccccc3c2)C[C@@H](C)C(=O)[C@H](C)C2(O)NC(=O)O[C@]12C. The smallest absolute Gasteiger partial charge is 0.410 e. The van der Waals surface area contributed by atoms with Crippen molar-refractivity contribution in [3.63, 3.8) is 0 Å². The molecule has 4 aliphatic heterocycles. The predicted molar refractivity (Wildman–Crippen MR) is 247 cm³/mol. The van der Waals surface area contributed by atoms with E-state index in [1.54, 1.807) is 40.8 Å². The first kappa shape index (κ1) is 52.7. The van der Waals surface area contributed by atoms with E-state index in [9.17, 15) is 29.7 Å². The number of carbonyl (C=O) groups is 3. The van der Waals surface area contributed by atoms with Crippen molar-refractivity contribution < 1.29 is 67.6 Å². The summed E-state index contributed by atoms with van der Waals surface area (Å²) >= 11 is 0. The van der Waals surface area contributed by atoms with Gasteiger partial charge in [0.05, 0.1) is 59.6 Å². The van der Waals surface area contributed by atoms with Crippen molar-refractivity contribution in [3.05, 3.63) is 48.2 Å². The monoisotopic (exact) mass is 942 g/mol. The molecule has 18 atom stereocenters. The average Bonchev–Trinajstić information content (AvgIpc) is 3.53. The van der Waals surface area contributed by atoms with Crippen molar-refractivity contribution in [1.29, 1.82) is 0 Å². The normalized spacial score (nSPS) is 42.6. The Balaban J connectivity index is 1.50. The van der Waals surface area contributed by atoms with Crippen LogP contribution in [0.4, 0.5) is 4.79 Å². The van der Waals surface area contributed by atoms with E-state index in [4.69, 9.17) is 37.9 Å². The van der Waals surface area contributed by atoms with Crippen LogP contribution < -0.4 is 5.32 Å². The summed E-state index contributed by atoms with van der Waals surface area (Å²) in [5.74, 6) is -5.27. The van der Waals surface area contributed by atoms with Gasteiger partial charge in [0.15, 0.2) is 23.9 Å². The largest absolute Gasteiger partial charge is 0.458 e. The average molecular weight is 942 g/mol. The molecule has 6 rings (SSSR count). The Morgan fingerprint density at radius 1 is 0.970 bits per heavy atom. The number of aliphatic hydroxyl groups excluding tert-OH is 2. The maximum absolute atomic E-state index is 14.9. The minimum Gasteiger partial charge on any atom is -0.458 e. The number of carbonyl (C=O) groups excluding carboxylic acids is 3. The molecule has 4 aliphatic rings. The summed E-state index contributed by atoms with van der Waals surface area (Å²) in [7, 11) is 5.25. The molecule has 0 bridgehead atoms. The van der Waals surface area contributed by atoms with E-state index in [2.05, 4.69) is 10.3 Å². The van der Waals surface area contributed by atoms with Gasteiger partial charge in [-0.05, 0) is 92.6 Å². The Kier molecular flexibility index (Phi) is 16.3. The number of aliphatic hydroxyl groups is 3. The number of hydrogen-bond acceptors (Lipinski definition) is 16. The van der Waals surface area contributed by atoms with Crippen molar-refractivity contribution in [1.82, 2.24) is 15.2 Å². The third kappa shape index (κ3) is 10.6. The highest BCUT2D eigenvalue weighted by Crippen LogP contribution is 2.46. The fraction of sp³-hybridized carbons (Fsp3) is 0.720. The third-order valence-electron chi connectivity index (χ3n) is 15.1. The van der Waals surface area contributed by atoms with Crippen LogP contribution in [-0.2, 0) is 47.5 Å². The first-order valence-electron chi connectivity index (χ1n) is 23.7. The zero-order valence-corrected chi connectivity index (χ0v) is 41.5. The molecule has 0 radical (unpaired) electrons. The van der Waals surface area contributed by atoms with Crippen LogP contribution >= 0.6 is 0 Å². The third-order valence-corrected chi connectivity index (χ3v) is 15.1. The first-order valence-corrected chi connectivity index (χ1v) is 23.7. The van der Waals surface area contributed by atoms with Crippen LogP contribution in [0.25, 0.3) is 17.0 Å². The van der Waals surface area contributed by atoms with Gasteiger partial charge in [-0.25, -0.2) is 4.79 Å². The zero-order valence-electron chi connectivity index (χ0n) is 41.5. The van der Waals surface area contributed by atoms with E-state index in [0.717, 1.165) is 16.5 Å². The molecule has 0 spiro atoms. The number of fused-ring (bicyclic) bond motifs is 2. The second-order valence-corrected chi connectivity index (χ2v) is 20.3. The molecule has 4 saturated heterocycles. The minimum atomic E-state index is -2.31. The number of nitrogens with zero attached hydrogens (tertiary/aromatic N) is 2. The van der Waals surface area contributed by atoms with Crippen molar-refractivity contribution in [2.45, 2.75) is 179 Å². The lowest BCUT2D eigenvalue weighted by Crippen LogP contribution is -2.67. The van der Waals surface area contributed by atoms with Gasteiger partial charge in [-0.1, -0.05) is 58.0 Å². The molecule has 17 nitrogen and oxygen atoms in total. The van der Waals surface area contributed by atoms with Crippen LogP contribution in [0, 0.1) is 23.7 Å². The number of para-hydroxylation sites is 1.